The van der Waals surface area contributed by atoms with Crippen LogP contribution in [0.4, 0.5) is 0 Å². The first-order chi connectivity index (χ1) is 13.8. The zero-order chi connectivity index (χ0) is 20.6. The molecule has 4 rings (SSSR count). The Morgan fingerprint density at radius 2 is 1.66 bits per heavy atom. The second-order valence-electron chi connectivity index (χ2n) is 7.01. The van der Waals surface area contributed by atoms with Crippen LogP contribution >= 0.6 is 0 Å². The zero-order valence-corrected chi connectivity index (χ0v) is 16.8. The van der Waals surface area contributed by atoms with Gasteiger partial charge in [0.25, 0.3) is 0 Å². The van der Waals surface area contributed by atoms with Crippen LogP contribution in [0.5, 0.6) is 17.2 Å². The zero-order valence-electron chi connectivity index (χ0n) is 16.0. The van der Waals surface area contributed by atoms with Gasteiger partial charge < -0.3 is 18.9 Å². The van der Waals surface area contributed by atoms with E-state index in [9.17, 15) is 13.2 Å². The third-order valence-corrected chi connectivity index (χ3v) is 6.51. The number of morpholine rings is 1. The van der Waals surface area contributed by atoms with Crippen molar-refractivity contribution in [2.75, 3.05) is 19.9 Å². The number of hydrogen-bond acceptors (Lipinski definition) is 7. The molecule has 2 atom stereocenters. The van der Waals surface area contributed by atoms with Crippen LogP contribution in [0.2, 0.25) is 0 Å². The summed E-state index contributed by atoms with van der Waals surface area (Å²) in [5, 5.41) is 0. The molecule has 2 heterocycles. The maximum absolute atomic E-state index is 12.9. The lowest BCUT2D eigenvalue weighted by atomic mass is 10.2. The molecule has 9 heteroatoms. The third kappa shape index (κ3) is 4.07. The summed E-state index contributed by atoms with van der Waals surface area (Å²) in [6, 6.07) is 10.5. The van der Waals surface area contributed by atoms with Crippen molar-refractivity contribution >= 4 is 16.0 Å². The second-order valence-corrected chi connectivity index (χ2v) is 8.95. The number of esters is 1. The summed E-state index contributed by atoms with van der Waals surface area (Å²) < 4.78 is 48.6. The van der Waals surface area contributed by atoms with E-state index in [1.807, 2.05) is 13.8 Å². The molecule has 8 nitrogen and oxygen atoms in total. The van der Waals surface area contributed by atoms with Crippen LogP contribution in [0.15, 0.2) is 47.4 Å². The van der Waals surface area contributed by atoms with E-state index >= 15 is 0 Å². The van der Waals surface area contributed by atoms with Gasteiger partial charge in [0.15, 0.2) is 11.5 Å². The Hall–Kier alpha value is -2.62. The minimum atomic E-state index is -3.67. The monoisotopic (exact) mass is 419 g/mol. The second kappa shape index (κ2) is 7.66. The Morgan fingerprint density at radius 3 is 2.34 bits per heavy atom. The topological polar surface area (TPSA) is 91.4 Å². The average Bonchev–Trinajstić information content (AvgIpc) is 3.15. The predicted octanol–water partition coefficient (Wildman–Crippen LogP) is 2.43. The molecule has 154 valence electrons. The number of benzene rings is 2. The molecule has 1 fully saturated rings. The number of hydrogen-bond donors (Lipinski definition) is 0. The van der Waals surface area contributed by atoms with Gasteiger partial charge in [-0.3, -0.25) is 0 Å². The first-order valence-corrected chi connectivity index (χ1v) is 10.6. The Kier molecular flexibility index (Phi) is 5.20. The summed E-state index contributed by atoms with van der Waals surface area (Å²) in [6.45, 7) is 4.39. The molecule has 0 amide bonds. The van der Waals surface area contributed by atoms with E-state index in [2.05, 4.69) is 0 Å². The summed E-state index contributed by atoms with van der Waals surface area (Å²) in [5.41, 5.74) is 0.241. The van der Waals surface area contributed by atoms with E-state index in [0.29, 0.717) is 30.3 Å². The van der Waals surface area contributed by atoms with Gasteiger partial charge in [-0.1, -0.05) is 0 Å². The van der Waals surface area contributed by atoms with E-state index < -0.39 is 16.0 Å². The highest BCUT2D eigenvalue weighted by Crippen LogP contribution is 2.35. The van der Waals surface area contributed by atoms with Gasteiger partial charge in [0, 0.05) is 19.2 Å². The summed E-state index contributed by atoms with van der Waals surface area (Å²) in [6.07, 6.45) is -0.353. The normalized spacial score (nSPS) is 21.7. The Balaban J connectivity index is 1.47. The van der Waals surface area contributed by atoms with Gasteiger partial charge >= 0.3 is 5.97 Å². The molecule has 0 unspecified atom stereocenters. The molecule has 0 spiro atoms. The Labute approximate surface area is 169 Å². The van der Waals surface area contributed by atoms with Gasteiger partial charge in [0.05, 0.1) is 22.7 Å². The summed E-state index contributed by atoms with van der Waals surface area (Å²) in [5.74, 6) is 0.811. The molecule has 0 aromatic heterocycles. The van der Waals surface area contributed by atoms with E-state index in [-0.39, 0.29) is 29.5 Å². The SMILES string of the molecule is C[C@@H]1CN(S(=O)(=O)c2ccc(C(=O)Oc3ccc4c(c3)OCO4)cc2)C[C@@H](C)O1. The van der Waals surface area contributed by atoms with Crippen molar-refractivity contribution in [1.29, 1.82) is 0 Å². The van der Waals surface area contributed by atoms with Crippen LogP contribution in [-0.4, -0.2) is 50.8 Å². The molecule has 0 radical (unpaired) electrons. The largest absolute Gasteiger partial charge is 0.454 e. The van der Waals surface area contributed by atoms with Crippen molar-refractivity contribution in [3.05, 3.63) is 48.0 Å². The van der Waals surface area contributed by atoms with Crippen molar-refractivity contribution in [2.24, 2.45) is 0 Å². The number of nitrogens with zero attached hydrogens (tertiary/aromatic N) is 1. The van der Waals surface area contributed by atoms with Crippen LogP contribution < -0.4 is 14.2 Å². The molecule has 29 heavy (non-hydrogen) atoms. The molecule has 2 aromatic carbocycles. The molecule has 0 saturated carbocycles. The standard InChI is InChI=1S/C20H21NO7S/c1-13-10-21(11-14(2)27-13)29(23,24)17-6-3-15(4-7-17)20(22)28-16-5-8-18-19(9-16)26-12-25-18/h3-9,13-14H,10-12H2,1-2H3/t13-,14-/m1/s1. The smallest absolute Gasteiger partial charge is 0.343 e. The van der Waals surface area contributed by atoms with Crippen LogP contribution in [0, 0.1) is 0 Å². The van der Waals surface area contributed by atoms with Crippen LogP contribution in [0.1, 0.15) is 24.2 Å². The molecule has 0 bridgehead atoms. The number of fused-ring (bicyclic) bond motifs is 1. The first-order valence-electron chi connectivity index (χ1n) is 9.20. The van der Waals surface area contributed by atoms with Gasteiger partial charge in [0.1, 0.15) is 5.75 Å². The molecule has 2 aliphatic rings. The number of carbonyl (C=O) groups is 1. The molecular formula is C20H21NO7S. The van der Waals surface area contributed by atoms with E-state index in [1.54, 1.807) is 18.2 Å². The minimum absolute atomic E-state index is 0.124. The summed E-state index contributed by atoms with van der Waals surface area (Å²) >= 11 is 0. The number of rotatable bonds is 4. The molecule has 2 aliphatic heterocycles. The van der Waals surface area contributed by atoms with Crippen molar-refractivity contribution in [2.45, 2.75) is 31.0 Å². The highest BCUT2D eigenvalue weighted by atomic mass is 32.2. The maximum Gasteiger partial charge on any atom is 0.343 e. The quantitative estimate of drug-likeness (QED) is 0.555. The fraction of sp³-hybridized carbons (Fsp3) is 0.350. The summed E-state index contributed by atoms with van der Waals surface area (Å²) in [7, 11) is -3.67. The van der Waals surface area contributed by atoms with Crippen molar-refractivity contribution < 1.29 is 32.2 Å². The third-order valence-electron chi connectivity index (χ3n) is 4.67. The van der Waals surface area contributed by atoms with Gasteiger partial charge in [0.2, 0.25) is 16.8 Å². The van der Waals surface area contributed by atoms with Crippen LogP contribution in [-0.2, 0) is 14.8 Å². The number of carbonyl (C=O) groups excluding carboxylic acids is 1. The van der Waals surface area contributed by atoms with E-state index in [1.165, 1.54) is 28.6 Å². The molecule has 2 aromatic rings. The van der Waals surface area contributed by atoms with Crippen LogP contribution in [0.3, 0.4) is 0 Å². The summed E-state index contributed by atoms with van der Waals surface area (Å²) in [4.78, 5) is 12.5. The minimum Gasteiger partial charge on any atom is -0.454 e. The van der Waals surface area contributed by atoms with E-state index in [0.717, 1.165) is 0 Å². The van der Waals surface area contributed by atoms with Gasteiger partial charge in [-0.15, -0.1) is 0 Å². The highest BCUT2D eigenvalue weighted by Gasteiger charge is 2.32. The van der Waals surface area contributed by atoms with Crippen molar-refractivity contribution in [1.82, 2.24) is 4.31 Å². The highest BCUT2D eigenvalue weighted by molar-refractivity contribution is 7.89. The van der Waals surface area contributed by atoms with Gasteiger partial charge in [-0.25, -0.2) is 13.2 Å². The van der Waals surface area contributed by atoms with E-state index in [4.69, 9.17) is 18.9 Å². The van der Waals surface area contributed by atoms with Crippen molar-refractivity contribution in [3.63, 3.8) is 0 Å². The molecule has 0 N–H and O–H groups in total. The first kappa shape index (κ1) is 19.7. The predicted molar refractivity (Wildman–Crippen MR) is 103 cm³/mol. The lowest BCUT2D eigenvalue weighted by molar-refractivity contribution is -0.0440. The Bertz CT molecular complexity index is 1010. The maximum atomic E-state index is 12.9. The van der Waals surface area contributed by atoms with Gasteiger partial charge in [-0.2, -0.15) is 4.31 Å². The Morgan fingerprint density at radius 1 is 1.00 bits per heavy atom. The fourth-order valence-corrected chi connectivity index (χ4v) is 4.94. The van der Waals surface area contributed by atoms with Crippen LogP contribution in [0.25, 0.3) is 0 Å². The molecule has 0 aliphatic carbocycles. The number of sulfonamides is 1. The average molecular weight is 419 g/mol. The van der Waals surface area contributed by atoms with Gasteiger partial charge in [-0.05, 0) is 50.2 Å². The molecule has 1 saturated heterocycles. The van der Waals surface area contributed by atoms with Crippen molar-refractivity contribution in [3.8, 4) is 17.2 Å². The molecular weight excluding hydrogens is 398 g/mol. The number of ether oxygens (including phenoxy) is 4. The fourth-order valence-electron chi connectivity index (χ4n) is 3.35. The lowest BCUT2D eigenvalue weighted by Crippen LogP contribution is -2.48. The lowest BCUT2D eigenvalue weighted by Gasteiger charge is -2.34.